The average molecular weight is 676 g/mol. The van der Waals surface area contributed by atoms with Crippen LogP contribution in [0.3, 0.4) is 0 Å². The normalized spacial score (nSPS) is 15.8. The summed E-state index contributed by atoms with van der Waals surface area (Å²) < 4.78 is 45.4. The van der Waals surface area contributed by atoms with Crippen molar-refractivity contribution >= 4 is 127 Å². The molecule has 0 spiro atoms. The molecule has 0 fully saturated rings. The Labute approximate surface area is 240 Å². The minimum atomic E-state index is -3.53. The topological polar surface area (TPSA) is 165 Å². The molecule has 0 radical (unpaired) electrons. The number of nitrogens with one attached hydrogen (secondary N) is 6. The van der Waals surface area contributed by atoms with Crippen molar-refractivity contribution in [2.75, 3.05) is 42.7 Å². The summed E-state index contributed by atoms with van der Waals surface area (Å²) in [6.45, 7) is 0. The van der Waals surface area contributed by atoms with Crippen LogP contribution in [-0.2, 0) is 28.4 Å². The van der Waals surface area contributed by atoms with Gasteiger partial charge in [0.1, 0.15) is 0 Å². The highest BCUT2D eigenvalue weighted by Crippen LogP contribution is 2.71. The van der Waals surface area contributed by atoms with Crippen LogP contribution in [0, 0.1) is 0 Å². The summed E-state index contributed by atoms with van der Waals surface area (Å²) in [6, 6.07) is 0. The molecule has 24 heteroatoms. The van der Waals surface area contributed by atoms with E-state index in [2.05, 4.69) is 30.5 Å². The van der Waals surface area contributed by atoms with Crippen molar-refractivity contribution in [1.29, 1.82) is 0 Å². The molecule has 0 atom stereocenters. The molecule has 0 aromatic rings. The largest absolute Gasteiger partial charge is 0.474 e. The van der Waals surface area contributed by atoms with Gasteiger partial charge in [-0.3, -0.25) is 30.5 Å². The van der Waals surface area contributed by atoms with Gasteiger partial charge in [0.2, 0.25) is 0 Å². The Morgan fingerprint density at radius 1 is 0.389 bits per heavy atom. The molecule has 6 N–H and O–H groups in total. The molecule has 0 aliphatic carbocycles. The van der Waals surface area contributed by atoms with E-state index in [4.69, 9.17) is 115 Å². The Bertz CT molecular complexity index is 889. The van der Waals surface area contributed by atoms with E-state index in [0.29, 0.717) is 0 Å². The highest BCUT2D eigenvalue weighted by atomic mass is 32.1. The maximum atomic E-state index is 5.25. The monoisotopic (exact) mass is 675 g/mol. The Morgan fingerprint density at radius 3 is 0.639 bits per heavy atom. The van der Waals surface area contributed by atoms with Crippen LogP contribution in [0.5, 0.6) is 0 Å². The van der Waals surface area contributed by atoms with Gasteiger partial charge in [0.25, 0.3) is 53.6 Å². The van der Waals surface area contributed by atoms with Crippen LogP contribution < -0.4 is 30.5 Å². The van der Waals surface area contributed by atoms with Gasteiger partial charge in [-0.1, -0.05) is 0 Å². The van der Waals surface area contributed by atoms with Gasteiger partial charge in [0.05, 0.1) is 42.7 Å². The lowest BCUT2D eigenvalue weighted by molar-refractivity contribution is 0.400. The molecule has 0 aromatic carbocycles. The minimum absolute atomic E-state index is 0.0902. The van der Waals surface area contributed by atoms with Gasteiger partial charge >= 0.3 is 0 Å². The van der Waals surface area contributed by atoms with E-state index >= 15 is 0 Å². The zero-order valence-electron chi connectivity index (χ0n) is 19.6. The fraction of sp³-hybridized carbons (Fsp3) is 0.500. The van der Waals surface area contributed by atoms with Crippen LogP contribution in [0.2, 0.25) is 0 Å². The van der Waals surface area contributed by atoms with E-state index in [0.717, 1.165) is 0 Å². The fourth-order valence-electron chi connectivity index (χ4n) is 2.01. The molecule has 0 bridgehead atoms. The second-order valence-corrected chi connectivity index (χ2v) is 15.0. The van der Waals surface area contributed by atoms with Gasteiger partial charge in [-0.25, -0.2) is 0 Å². The third kappa shape index (κ3) is 9.61. The molecular formula is C12H24N9O6P3S6. The molecule has 15 nitrogen and oxygen atoms in total. The van der Waals surface area contributed by atoms with Crippen LogP contribution in [0.15, 0.2) is 13.5 Å². The van der Waals surface area contributed by atoms with E-state index in [1.165, 1.54) is 42.7 Å². The van der Waals surface area contributed by atoms with Crippen molar-refractivity contribution in [1.82, 2.24) is 30.5 Å². The van der Waals surface area contributed by atoms with E-state index < -0.39 is 22.5 Å². The first-order valence-electron chi connectivity index (χ1n) is 8.94. The predicted octanol–water partition coefficient (Wildman–Crippen LogP) is 2.96. The molecule has 0 saturated heterocycles. The number of thiocarbonyl (C=S) groups is 6. The highest BCUT2D eigenvalue weighted by molar-refractivity contribution is 7.90. The third-order valence-electron chi connectivity index (χ3n) is 3.37. The zero-order valence-corrected chi connectivity index (χ0v) is 27.2. The van der Waals surface area contributed by atoms with Crippen molar-refractivity contribution in [3.05, 3.63) is 0 Å². The van der Waals surface area contributed by atoms with Crippen molar-refractivity contribution in [2.24, 2.45) is 13.5 Å². The first-order chi connectivity index (χ1) is 16.8. The quantitative estimate of drug-likeness (QED) is 0.180. The summed E-state index contributed by atoms with van der Waals surface area (Å²) in [5, 5.41) is 17.0. The fourth-order valence-corrected chi connectivity index (χ4v) is 14.6. The van der Waals surface area contributed by atoms with E-state index in [-0.39, 0.29) is 31.0 Å². The van der Waals surface area contributed by atoms with Gasteiger partial charge in [0, 0.05) is 0 Å². The van der Waals surface area contributed by atoms with Gasteiger partial charge in [-0.05, 0) is 73.3 Å². The van der Waals surface area contributed by atoms with Crippen molar-refractivity contribution in [3.63, 3.8) is 0 Å². The number of rotatable bonds is 6. The lowest BCUT2D eigenvalue weighted by Crippen LogP contribution is -2.38. The van der Waals surface area contributed by atoms with E-state index in [1.54, 1.807) is 0 Å². The summed E-state index contributed by atoms with van der Waals surface area (Å²) in [5.41, 5.74) is 0. The van der Waals surface area contributed by atoms with Crippen LogP contribution in [0.1, 0.15) is 0 Å². The number of hydrogen-bond acceptors (Lipinski definition) is 15. The first-order valence-corrected chi connectivity index (χ1v) is 16.5. The molecule has 0 saturated carbocycles. The van der Waals surface area contributed by atoms with Crippen molar-refractivity contribution in [2.45, 2.75) is 0 Å². The standard InChI is InChI=1S/C12H24N9O6P3S6/c1-22-7(31)13-28(14-8(32)23-2)19-29(15-9(33)24-3,16-10(34)25-4)21-30(20-28,17-11(35)26-5)18-12(36)27-6/h1-6H3,(H,13,31)(H,14,32)(H,15,33)(H,16,34)(H,17,35)(H,18,36). The molecule has 204 valence electrons. The SMILES string of the molecule is COC(=S)NP1(NC(=S)OC)=NP(NC(=S)OC)(NC(=S)OC)=NP(NC(=S)OC)(NC(=S)OC)=N1. The van der Waals surface area contributed by atoms with E-state index in [9.17, 15) is 0 Å². The first kappa shape index (κ1) is 32.9. The molecule has 1 aliphatic rings. The molecule has 1 heterocycles. The molecule has 0 aromatic heterocycles. The Kier molecular flexibility index (Phi) is 13.4. The third-order valence-corrected chi connectivity index (χ3v) is 15.2. The molecule has 0 unspecified atom stereocenters. The minimum Gasteiger partial charge on any atom is -0.474 e. The number of methoxy groups -OCH3 is 6. The summed E-state index contributed by atoms with van der Waals surface area (Å²) >= 11 is 31.5. The summed E-state index contributed by atoms with van der Waals surface area (Å²) in [4.78, 5) is 0. The maximum absolute atomic E-state index is 5.25. The molecule has 1 aliphatic heterocycles. The number of ether oxygens (including phenoxy) is 6. The Morgan fingerprint density at radius 2 is 0.528 bits per heavy atom. The average Bonchev–Trinajstić information content (AvgIpc) is 2.82. The number of nitrogens with zero attached hydrogens (tertiary/aromatic N) is 3. The maximum Gasteiger partial charge on any atom is 0.274 e. The van der Waals surface area contributed by atoms with E-state index in [1.807, 2.05) is 0 Å². The highest BCUT2D eigenvalue weighted by Gasteiger charge is 2.42. The van der Waals surface area contributed by atoms with Crippen LogP contribution in [-0.4, -0.2) is 73.7 Å². The second-order valence-electron chi connectivity index (χ2n) is 5.69. The van der Waals surface area contributed by atoms with Crippen molar-refractivity contribution < 1.29 is 28.4 Å². The summed E-state index contributed by atoms with van der Waals surface area (Å²) in [7, 11) is -2.48. The molecular weight excluding hydrogens is 652 g/mol. The molecule has 1 rings (SSSR count). The lowest BCUT2D eigenvalue weighted by atomic mass is 11.3. The van der Waals surface area contributed by atoms with Gasteiger partial charge in [-0.2, -0.15) is 13.5 Å². The zero-order chi connectivity index (χ0) is 27.6. The van der Waals surface area contributed by atoms with Crippen LogP contribution in [0.4, 0.5) is 0 Å². The lowest BCUT2D eigenvalue weighted by Gasteiger charge is -2.37. The van der Waals surface area contributed by atoms with Gasteiger partial charge < -0.3 is 28.4 Å². The van der Waals surface area contributed by atoms with Gasteiger partial charge in [0.15, 0.2) is 0 Å². The van der Waals surface area contributed by atoms with Crippen LogP contribution in [0.25, 0.3) is 0 Å². The Hall–Kier alpha value is -1.17. The molecule has 0 amide bonds. The molecule has 36 heavy (non-hydrogen) atoms. The number of hydrogen-bond donors (Lipinski definition) is 6. The van der Waals surface area contributed by atoms with Crippen LogP contribution >= 0.6 is 95.8 Å². The summed E-state index contributed by atoms with van der Waals surface area (Å²) in [5.74, 6) is 0. The second kappa shape index (κ2) is 14.7. The Balaban J connectivity index is 4.26. The predicted molar refractivity (Wildman–Crippen MR) is 165 cm³/mol. The summed E-state index contributed by atoms with van der Waals surface area (Å²) in [6.07, 6.45) is 0. The van der Waals surface area contributed by atoms with Crippen molar-refractivity contribution in [3.8, 4) is 0 Å². The smallest absolute Gasteiger partial charge is 0.274 e. The van der Waals surface area contributed by atoms with Gasteiger partial charge in [-0.15, -0.1) is 0 Å².